The summed E-state index contributed by atoms with van der Waals surface area (Å²) in [7, 11) is 0. The van der Waals surface area contributed by atoms with Crippen molar-refractivity contribution in [1.82, 2.24) is 5.32 Å². The van der Waals surface area contributed by atoms with Crippen molar-refractivity contribution >= 4 is 29.5 Å². The summed E-state index contributed by atoms with van der Waals surface area (Å²) in [4.78, 5) is 20.8. The van der Waals surface area contributed by atoms with Crippen LogP contribution in [0.25, 0.3) is 0 Å². The second kappa shape index (κ2) is 4.79. The summed E-state index contributed by atoms with van der Waals surface area (Å²) in [5.74, 6) is -1.43. The number of hydrogen-bond acceptors (Lipinski definition) is 3. The average molecular weight is 175 g/mol. The molecule has 11 heavy (non-hydrogen) atoms. The first-order valence-corrected chi connectivity index (χ1v) is 3.48. The topological polar surface area (TPSA) is 66.4 Å². The fraction of sp³-hybridized carbons (Fsp3) is 0.500. The minimum atomic E-state index is -1.07. The molecule has 0 heterocycles. The molecule has 2 N–H and O–H groups in total. The molecule has 0 aliphatic heterocycles. The Morgan fingerprint density at radius 2 is 2.27 bits per heavy atom. The number of amides is 1. The van der Waals surface area contributed by atoms with Crippen molar-refractivity contribution in [1.29, 1.82) is 0 Å². The summed E-state index contributed by atoms with van der Waals surface area (Å²) in [6, 6.07) is -0.884. The van der Waals surface area contributed by atoms with Crippen LogP contribution in [0, 0.1) is 0 Å². The number of carboxylic acids is 1. The van der Waals surface area contributed by atoms with Crippen molar-refractivity contribution in [2.75, 3.05) is 0 Å². The zero-order chi connectivity index (χ0) is 8.85. The molecule has 0 aromatic rings. The lowest BCUT2D eigenvalue weighted by atomic mass is 10.2. The number of thiocarbonyl (C=S) groups is 1. The van der Waals surface area contributed by atoms with Crippen LogP contribution >= 0.6 is 12.2 Å². The first kappa shape index (κ1) is 10.0. The van der Waals surface area contributed by atoms with Crippen molar-refractivity contribution in [3.8, 4) is 0 Å². The van der Waals surface area contributed by atoms with E-state index in [2.05, 4.69) is 17.5 Å². The fourth-order valence-electron chi connectivity index (χ4n) is 0.563. The van der Waals surface area contributed by atoms with Crippen molar-refractivity contribution < 1.29 is 14.7 Å². The monoisotopic (exact) mass is 175 g/mol. The lowest BCUT2D eigenvalue weighted by Crippen LogP contribution is -2.39. The van der Waals surface area contributed by atoms with Crippen LogP contribution in [0.4, 0.5) is 0 Å². The van der Waals surface area contributed by atoms with Gasteiger partial charge in [0.15, 0.2) is 0 Å². The van der Waals surface area contributed by atoms with Crippen molar-refractivity contribution in [2.45, 2.75) is 19.4 Å². The van der Waals surface area contributed by atoms with Gasteiger partial charge < -0.3 is 10.4 Å². The maximum atomic E-state index is 10.4. The molecule has 0 spiro atoms. The molecule has 1 amide bonds. The first-order valence-electron chi connectivity index (χ1n) is 3.01. The summed E-state index contributed by atoms with van der Waals surface area (Å²) in [5.41, 5.74) is 0. The van der Waals surface area contributed by atoms with E-state index in [1.54, 1.807) is 0 Å². The summed E-state index contributed by atoms with van der Waals surface area (Å²) in [6.07, 6.45) is 0.171. The zero-order valence-electron chi connectivity index (χ0n) is 6.03. The molecule has 0 bridgehead atoms. The Morgan fingerprint density at radius 1 is 1.73 bits per heavy atom. The van der Waals surface area contributed by atoms with Gasteiger partial charge >= 0.3 is 5.97 Å². The Kier molecular flexibility index (Phi) is 4.36. The third kappa shape index (κ3) is 4.44. The number of rotatable bonds is 4. The minimum absolute atomic E-state index is 0.171. The van der Waals surface area contributed by atoms with Crippen LogP contribution < -0.4 is 5.32 Å². The average Bonchev–Trinajstić information content (AvgIpc) is 1.86. The Morgan fingerprint density at radius 3 is 2.55 bits per heavy atom. The SMILES string of the molecule is CC(=O)NC(CC=S)C(=O)O. The number of aliphatic carboxylic acids is 1. The van der Waals surface area contributed by atoms with Crippen LogP contribution in [0.5, 0.6) is 0 Å². The lowest BCUT2D eigenvalue weighted by molar-refractivity contribution is -0.141. The van der Waals surface area contributed by atoms with Gasteiger partial charge in [0, 0.05) is 13.3 Å². The van der Waals surface area contributed by atoms with Crippen LogP contribution in [0.3, 0.4) is 0 Å². The molecule has 0 aliphatic carbocycles. The van der Waals surface area contributed by atoms with E-state index in [1.165, 1.54) is 12.3 Å². The molecule has 1 atom stereocenters. The fourth-order valence-corrected chi connectivity index (χ4v) is 0.756. The molecule has 0 radical (unpaired) electrons. The third-order valence-electron chi connectivity index (χ3n) is 1.01. The molecule has 0 fully saturated rings. The maximum absolute atomic E-state index is 10.4. The molecule has 0 saturated heterocycles. The first-order chi connectivity index (χ1) is 5.07. The molecule has 1 unspecified atom stereocenters. The van der Waals surface area contributed by atoms with E-state index in [9.17, 15) is 9.59 Å². The van der Waals surface area contributed by atoms with Crippen LogP contribution in [0.15, 0.2) is 0 Å². The molecule has 5 heteroatoms. The van der Waals surface area contributed by atoms with E-state index in [0.717, 1.165) is 0 Å². The van der Waals surface area contributed by atoms with Gasteiger partial charge in [-0.3, -0.25) is 4.79 Å². The Labute approximate surface area is 69.6 Å². The highest BCUT2D eigenvalue weighted by molar-refractivity contribution is 7.78. The summed E-state index contributed by atoms with van der Waals surface area (Å²) >= 11 is 4.46. The smallest absolute Gasteiger partial charge is 0.326 e. The van der Waals surface area contributed by atoms with E-state index in [1.807, 2.05) is 0 Å². The number of carbonyl (C=O) groups excluding carboxylic acids is 1. The van der Waals surface area contributed by atoms with Gasteiger partial charge in [-0.15, -0.1) is 0 Å². The Hall–Kier alpha value is -0.970. The van der Waals surface area contributed by atoms with Crippen molar-refractivity contribution in [3.63, 3.8) is 0 Å². The molecular formula is C6H9NO3S. The van der Waals surface area contributed by atoms with Crippen LogP contribution in [0.1, 0.15) is 13.3 Å². The zero-order valence-corrected chi connectivity index (χ0v) is 6.85. The molecular weight excluding hydrogens is 166 g/mol. The molecule has 0 rings (SSSR count). The number of hydrogen-bond donors (Lipinski definition) is 2. The third-order valence-corrected chi connectivity index (χ3v) is 1.20. The highest BCUT2D eigenvalue weighted by Crippen LogP contribution is 1.89. The second-order valence-corrected chi connectivity index (χ2v) is 2.33. The van der Waals surface area contributed by atoms with Crippen LogP contribution in [0.2, 0.25) is 0 Å². The molecule has 0 aliphatic rings. The Bertz CT molecular complexity index is 181. The van der Waals surface area contributed by atoms with Gasteiger partial charge in [-0.1, -0.05) is 12.2 Å². The highest BCUT2D eigenvalue weighted by atomic mass is 32.1. The molecule has 0 aromatic carbocycles. The molecule has 62 valence electrons. The van der Waals surface area contributed by atoms with Crippen molar-refractivity contribution in [3.05, 3.63) is 0 Å². The number of nitrogens with one attached hydrogen (secondary N) is 1. The molecule has 4 nitrogen and oxygen atoms in total. The lowest BCUT2D eigenvalue weighted by Gasteiger charge is -2.09. The number of carbonyl (C=O) groups is 2. The van der Waals surface area contributed by atoms with E-state index in [-0.39, 0.29) is 12.3 Å². The molecule has 0 aromatic heterocycles. The second-order valence-electron chi connectivity index (χ2n) is 1.99. The van der Waals surface area contributed by atoms with E-state index < -0.39 is 12.0 Å². The van der Waals surface area contributed by atoms with E-state index in [0.29, 0.717) is 0 Å². The van der Waals surface area contributed by atoms with E-state index >= 15 is 0 Å². The normalized spacial score (nSPS) is 11.7. The van der Waals surface area contributed by atoms with Gasteiger partial charge in [0.25, 0.3) is 0 Å². The van der Waals surface area contributed by atoms with Crippen LogP contribution in [-0.2, 0) is 9.59 Å². The van der Waals surface area contributed by atoms with Gasteiger partial charge in [-0.25, -0.2) is 4.79 Å². The van der Waals surface area contributed by atoms with Gasteiger partial charge in [-0.2, -0.15) is 0 Å². The van der Waals surface area contributed by atoms with E-state index in [4.69, 9.17) is 5.11 Å². The molecule has 0 saturated carbocycles. The predicted molar refractivity (Wildman–Crippen MR) is 43.5 cm³/mol. The Balaban J connectivity index is 3.99. The largest absolute Gasteiger partial charge is 0.480 e. The van der Waals surface area contributed by atoms with Crippen LogP contribution in [-0.4, -0.2) is 28.4 Å². The van der Waals surface area contributed by atoms with Gasteiger partial charge in [0.1, 0.15) is 6.04 Å². The minimum Gasteiger partial charge on any atom is -0.480 e. The maximum Gasteiger partial charge on any atom is 0.326 e. The summed E-state index contributed by atoms with van der Waals surface area (Å²) < 4.78 is 0. The number of carboxylic acid groups (broad SMARTS) is 1. The van der Waals surface area contributed by atoms with Gasteiger partial charge in [-0.05, 0) is 5.37 Å². The standard InChI is InChI=1S/C6H9NO3S/c1-4(8)7-5(2-3-11)6(9)10/h3,5H,2H2,1H3,(H,7,8)(H,9,10). The van der Waals surface area contributed by atoms with Gasteiger partial charge in [0.05, 0.1) is 0 Å². The van der Waals surface area contributed by atoms with Gasteiger partial charge in [0.2, 0.25) is 5.91 Å². The predicted octanol–water partition coefficient (Wildman–Crippen LogP) is -0.0345. The highest BCUT2D eigenvalue weighted by Gasteiger charge is 2.15. The summed E-state index contributed by atoms with van der Waals surface area (Å²) in [6.45, 7) is 1.26. The summed E-state index contributed by atoms with van der Waals surface area (Å²) in [5, 5.41) is 12.0. The quantitative estimate of drug-likeness (QED) is 0.589. The van der Waals surface area contributed by atoms with Crippen molar-refractivity contribution in [2.24, 2.45) is 0 Å².